The van der Waals surface area contributed by atoms with Crippen molar-refractivity contribution in [2.75, 3.05) is 5.43 Å². The highest BCUT2D eigenvalue weighted by molar-refractivity contribution is 9.11. The largest absolute Gasteiger partial charge is 0.327 e. The van der Waals surface area contributed by atoms with Gasteiger partial charge in [-0.2, -0.15) is 10.1 Å². The summed E-state index contributed by atoms with van der Waals surface area (Å²) in [5.41, 5.74) is 6.41. The van der Waals surface area contributed by atoms with Gasteiger partial charge in [-0.05, 0) is 41.1 Å². The van der Waals surface area contributed by atoms with Gasteiger partial charge < -0.3 is 4.57 Å². The van der Waals surface area contributed by atoms with Gasteiger partial charge in [0.1, 0.15) is 5.52 Å². The fraction of sp³-hybridized carbons (Fsp3) is 0.125. The topological polar surface area (TPSA) is 68.0 Å². The quantitative estimate of drug-likeness (QED) is 0.413. The average molecular weight is 401 g/mol. The Morgan fingerprint density at radius 3 is 2.83 bits per heavy atom. The Labute approximate surface area is 150 Å². The summed E-state index contributed by atoms with van der Waals surface area (Å²) in [4.78, 5) is 5.62. The van der Waals surface area contributed by atoms with Gasteiger partial charge in [-0.3, -0.25) is 0 Å². The van der Waals surface area contributed by atoms with Crippen LogP contribution in [0.3, 0.4) is 0 Å². The maximum Gasteiger partial charge on any atom is 0.265 e. The third-order valence-electron chi connectivity index (χ3n) is 3.76. The van der Waals surface area contributed by atoms with Crippen molar-refractivity contribution in [3.8, 4) is 0 Å². The summed E-state index contributed by atoms with van der Waals surface area (Å²) in [6.45, 7) is 1.94. The second kappa shape index (κ2) is 5.95. The zero-order valence-corrected chi connectivity index (χ0v) is 15.4. The number of hydrogen-bond donors (Lipinski definition) is 1. The third kappa shape index (κ3) is 2.57. The van der Waals surface area contributed by atoms with E-state index in [0.29, 0.717) is 5.95 Å². The Hall–Kier alpha value is -2.32. The molecule has 4 aromatic rings. The van der Waals surface area contributed by atoms with E-state index in [1.165, 1.54) is 0 Å². The predicted molar refractivity (Wildman–Crippen MR) is 102 cm³/mol. The molecule has 0 fully saturated rings. The number of rotatable bonds is 3. The number of hydrazone groups is 1. The molecule has 6 nitrogen and oxygen atoms in total. The molecule has 4 rings (SSSR count). The fourth-order valence-corrected chi connectivity index (χ4v) is 3.88. The molecule has 0 atom stereocenters. The smallest absolute Gasteiger partial charge is 0.265 e. The second-order valence-corrected chi connectivity index (χ2v) is 7.76. The van der Waals surface area contributed by atoms with Gasteiger partial charge in [0.25, 0.3) is 5.95 Å². The monoisotopic (exact) mass is 400 g/mol. The first kappa shape index (κ1) is 15.2. The Morgan fingerprint density at radius 1 is 1.21 bits per heavy atom. The van der Waals surface area contributed by atoms with Crippen LogP contribution in [0, 0.1) is 0 Å². The fourth-order valence-electron chi connectivity index (χ4n) is 2.55. The molecule has 3 heterocycles. The van der Waals surface area contributed by atoms with E-state index in [1.54, 1.807) is 11.3 Å². The van der Waals surface area contributed by atoms with E-state index >= 15 is 0 Å². The maximum absolute atomic E-state index is 4.55. The normalized spacial score (nSPS) is 12.2. The van der Waals surface area contributed by atoms with Crippen LogP contribution in [0.25, 0.3) is 22.1 Å². The van der Waals surface area contributed by atoms with Gasteiger partial charge in [0.05, 0.1) is 19.9 Å². The van der Waals surface area contributed by atoms with Crippen molar-refractivity contribution >= 4 is 61.0 Å². The molecule has 0 aliphatic carbocycles. The van der Waals surface area contributed by atoms with Crippen LogP contribution >= 0.6 is 27.3 Å². The Balaban J connectivity index is 1.70. The molecule has 0 spiro atoms. The van der Waals surface area contributed by atoms with Crippen molar-refractivity contribution in [3.63, 3.8) is 0 Å². The second-order valence-electron chi connectivity index (χ2n) is 5.30. The summed E-state index contributed by atoms with van der Waals surface area (Å²) >= 11 is 5.08. The Morgan fingerprint density at radius 2 is 2.04 bits per heavy atom. The first-order chi connectivity index (χ1) is 11.6. The van der Waals surface area contributed by atoms with E-state index < -0.39 is 0 Å². The van der Waals surface area contributed by atoms with Gasteiger partial charge in [0.2, 0.25) is 0 Å². The number of anilines is 1. The molecule has 0 aliphatic heterocycles. The van der Waals surface area contributed by atoms with Crippen LogP contribution in [0.4, 0.5) is 5.95 Å². The van der Waals surface area contributed by atoms with Crippen LogP contribution < -0.4 is 5.43 Å². The SMILES string of the molecule is CC(=NNc1nnc2c3ccccc3n(C)c2n1)c1ccc(Br)s1. The maximum atomic E-state index is 4.55. The van der Waals surface area contributed by atoms with Crippen molar-refractivity contribution in [3.05, 3.63) is 45.1 Å². The number of benzene rings is 1. The van der Waals surface area contributed by atoms with Crippen LogP contribution in [-0.2, 0) is 7.05 Å². The van der Waals surface area contributed by atoms with E-state index in [1.807, 2.05) is 54.9 Å². The molecule has 0 aliphatic rings. The molecule has 0 radical (unpaired) electrons. The molecule has 0 amide bonds. The van der Waals surface area contributed by atoms with Gasteiger partial charge in [-0.25, -0.2) is 5.43 Å². The molecular formula is C16H13BrN6S. The number of halogens is 1. The Kier molecular flexibility index (Phi) is 3.78. The number of hydrogen-bond acceptors (Lipinski definition) is 6. The van der Waals surface area contributed by atoms with E-state index in [0.717, 1.165) is 36.4 Å². The number of para-hydroxylation sites is 1. The van der Waals surface area contributed by atoms with E-state index in [9.17, 15) is 0 Å². The molecule has 8 heteroatoms. The minimum atomic E-state index is 0.378. The number of fused-ring (bicyclic) bond motifs is 3. The molecule has 1 aromatic carbocycles. The molecule has 120 valence electrons. The van der Waals surface area contributed by atoms with Crippen molar-refractivity contribution < 1.29 is 0 Å². The molecule has 1 N–H and O–H groups in total. The van der Waals surface area contributed by atoms with Gasteiger partial charge >= 0.3 is 0 Å². The van der Waals surface area contributed by atoms with Crippen LogP contribution in [0.2, 0.25) is 0 Å². The summed E-state index contributed by atoms with van der Waals surface area (Å²) in [7, 11) is 1.97. The highest BCUT2D eigenvalue weighted by Gasteiger charge is 2.12. The first-order valence-corrected chi connectivity index (χ1v) is 8.88. The lowest BCUT2D eigenvalue weighted by molar-refractivity contribution is 0.949. The molecule has 24 heavy (non-hydrogen) atoms. The summed E-state index contributed by atoms with van der Waals surface area (Å²) in [5, 5.41) is 13.9. The van der Waals surface area contributed by atoms with E-state index in [2.05, 4.69) is 41.6 Å². The number of aryl methyl sites for hydroxylation is 1. The average Bonchev–Trinajstić information content (AvgIpc) is 3.16. The van der Waals surface area contributed by atoms with Crippen LogP contribution in [-0.4, -0.2) is 25.5 Å². The molecule has 0 saturated heterocycles. The summed E-state index contributed by atoms with van der Waals surface area (Å²) in [6, 6.07) is 12.1. The highest BCUT2D eigenvalue weighted by Crippen LogP contribution is 2.25. The van der Waals surface area contributed by atoms with Crippen LogP contribution in [0.15, 0.2) is 45.3 Å². The highest BCUT2D eigenvalue weighted by atomic mass is 79.9. The van der Waals surface area contributed by atoms with E-state index in [4.69, 9.17) is 0 Å². The lowest BCUT2D eigenvalue weighted by Crippen LogP contribution is -2.03. The number of thiophene rings is 1. The van der Waals surface area contributed by atoms with Crippen molar-refractivity contribution in [2.24, 2.45) is 12.1 Å². The Bertz CT molecular complexity index is 1080. The number of nitrogens with zero attached hydrogens (tertiary/aromatic N) is 5. The lowest BCUT2D eigenvalue weighted by atomic mass is 10.2. The summed E-state index contributed by atoms with van der Waals surface area (Å²) in [5.74, 6) is 0.378. The lowest BCUT2D eigenvalue weighted by Gasteiger charge is -2.01. The van der Waals surface area contributed by atoms with Crippen molar-refractivity contribution in [1.29, 1.82) is 0 Å². The zero-order valence-electron chi connectivity index (χ0n) is 13.0. The predicted octanol–water partition coefficient (Wildman–Crippen LogP) is 4.18. The standard InChI is InChI=1S/C16H13BrN6S/c1-9(12-7-8-13(17)24-12)19-21-16-18-15-14(20-22-16)10-5-3-4-6-11(10)23(15)2/h3-8H,1-2H3,(H,18,21,22). The molecular weight excluding hydrogens is 388 g/mol. The van der Waals surface area contributed by atoms with Gasteiger partial charge in [0.15, 0.2) is 5.65 Å². The minimum absolute atomic E-state index is 0.378. The molecule has 3 aromatic heterocycles. The number of aromatic nitrogens is 4. The van der Waals surface area contributed by atoms with E-state index in [-0.39, 0.29) is 0 Å². The molecule has 0 unspecified atom stereocenters. The summed E-state index contributed by atoms with van der Waals surface area (Å²) in [6.07, 6.45) is 0. The van der Waals surface area contributed by atoms with Crippen molar-refractivity contribution in [1.82, 2.24) is 19.7 Å². The minimum Gasteiger partial charge on any atom is -0.327 e. The van der Waals surface area contributed by atoms with Crippen LogP contribution in [0.5, 0.6) is 0 Å². The number of nitrogens with one attached hydrogen (secondary N) is 1. The van der Waals surface area contributed by atoms with Gasteiger partial charge in [-0.1, -0.05) is 18.2 Å². The molecule has 0 saturated carbocycles. The summed E-state index contributed by atoms with van der Waals surface area (Å²) < 4.78 is 3.08. The van der Waals surface area contributed by atoms with Crippen molar-refractivity contribution in [2.45, 2.75) is 6.92 Å². The van der Waals surface area contributed by atoms with Gasteiger partial charge in [0, 0.05) is 12.4 Å². The molecule has 0 bridgehead atoms. The van der Waals surface area contributed by atoms with Gasteiger partial charge in [-0.15, -0.1) is 21.5 Å². The third-order valence-corrected chi connectivity index (χ3v) is 5.49. The zero-order chi connectivity index (χ0) is 16.7. The van der Waals surface area contributed by atoms with Crippen LogP contribution in [0.1, 0.15) is 11.8 Å². The first-order valence-electron chi connectivity index (χ1n) is 7.27.